The number of anilines is 3. The van der Waals surface area contributed by atoms with E-state index in [1.807, 2.05) is 30.3 Å². The Morgan fingerprint density at radius 2 is 1.71 bits per heavy atom. The number of carbonyl (C=O) groups is 2. The third kappa shape index (κ3) is 5.54. The van der Waals surface area contributed by atoms with Crippen molar-refractivity contribution in [2.75, 3.05) is 30.5 Å². The van der Waals surface area contributed by atoms with Crippen molar-refractivity contribution < 1.29 is 9.59 Å². The van der Waals surface area contributed by atoms with Crippen LogP contribution in [0.3, 0.4) is 0 Å². The monoisotopic (exact) mass is 413 g/mol. The number of hydrogen-bond acceptors (Lipinski definition) is 7. The normalized spacial score (nSPS) is 10.4. The van der Waals surface area contributed by atoms with Crippen LogP contribution in [0.1, 0.15) is 10.4 Å². The number of nitrogens with one attached hydrogen (secondary N) is 2. The Kier molecular flexibility index (Phi) is 6.62. The van der Waals surface area contributed by atoms with E-state index in [2.05, 4.69) is 20.8 Å². The second kappa shape index (κ2) is 9.34. The number of thioether (sulfide) groups is 1. The van der Waals surface area contributed by atoms with E-state index in [4.69, 9.17) is 0 Å². The second-order valence-corrected chi connectivity index (χ2v) is 8.18. The molecule has 0 unspecified atom stereocenters. The van der Waals surface area contributed by atoms with Crippen molar-refractivity contribution in [3.8, 4) is 0 Å². The fraction of sp³-hybridized carbons (Fsp3) is 0.158. The van der Waals surface area contributed by atoms with Gasteiger partial charge in [-0.2, -0.15) is 0 Å². The molecule has 0 saturated heterocycles. The standard InChI is InChI=1S/C19H19N5O2S2/c1-24(2)17(26)13-8-10-15(11-9-13)20-16(25)12-27-19-23-22-18(28-19)21-14-6-4-3-5-7-14/h3-11H,12H2,1-2H3,(H,20,25)(H,21,22). The molecule has 0 bridgehead atoms. The molecule has 0 saturated carbocycles. The lowest BCUT2D eigenvalue weighted by Crippen LogP contribution is -2.21. The molecule has 0 spiro atoms. The maximum absolute atomic E-state index is 12.1. The van der Waals surface area contributed by atoms with Crippen LogP contribution >= 0.6 is 23.1 Å². The molecule has 0 aliphatic rings. The van der Waals surface area contributed by atoms with Gasteiger partial charge in [0.05, 0.1) is 5.75 Å². The number of aromatic nitrogens is 2. The molecule has 7 nitrogen and oxygen atoms in total. The van der Waals surface area contributed by atoms with Gasteiger partial charge in [-0.25, -0.2) is 0 Å². The fourth-order valence-electron chi connectivity index (χ4n) is 2.24. The summed E-state index contributed by atoms with van der Waals surface area (Å²) < 4.78 is 0.709. The van der Waals surface area contributed by atoms with Gasteiger partial charge in [-0.15, -0.1) is 10.2 Å². The highest BCUT2D eigenvalue weighted by Gasteiger charge is 2.10. The second-order valence-electron chi connectivity index (χ2n) is 5.98. The van der Waals surface area contributed by atoms with Crippen LogP contribution in [-0.2, 0) is 4.79 Å². The highest BCUT2D eigenvalue weighted by molar-refractivity contribution is 8.01. The Labute approximate surface area is 171 Å². The molecule has 0 fully saturated rings. The number of carbonyl (C=O) groups excluding carboxylic acids is 2. The van der Waals surface area contributed by atoms with Gasteiger partial charge in [0.2, 0.25) is 11.0 Å². The number of nitrogens with zero attached hydrogens (tertiary/aromatic N) is 3. The van der Waals surface area contributed by atoms with Gasteiger partial charge in [0.15, 0.2) is 4.34 Å². The molecule has 3 aromatic rings. The van der Waals surface area contributed by atoms with Gasteiger partial charge >= 0.3 is 0 Å². The van der Waals surface area contributed by atoms with Crippen LogP contribution in [0.5, 0.6) is 0 Å². The van der Waals surface area contributed by atoms with Crippen molar-refractivity contribution in [3.05, 3.63) is 60.2 Å². The van der Waals surface area contributed by atoms with E-state index in [0.29, 0.717) is 20.7 Å². The van der Waals surface area contributed by atoms with Crippen LogP contribution in [0.25, 0.3) is 0 Å². The number of amides is 2. The quantitative estimate of drug-likeness (QED) is 0.574. The first-order chi connectivity index (χ1) is 13.5. The van der Waals surface area contributed by atoms with Gasteiger partial charge in [-0.1, -0.05) is 41.3 Å². The summed E-state index contributed by atoms with van der Waals surface area (Å²) in [6.07, 6.45) is 0. The van der Waals surface area contributed by atoms with Crippen LogP contribution in [0, 0.1) is 0 Å². The molecule has 2 N–H and O–H groups in total. The van der Waals surface area contributed by atoms with E-state index in [1.54, 1.807) is 38.4 Å². The summed E-state index contributed by atoms with van der Waals surface area (Å²) in [5.74, 6) is -0.00712. The first-order valence-electron chi connectivity index (χ1n) is 8.41. The molecule has 0 aliphatic heterocycles. The zero-order chi connectivity index (χ0) is 19.9. The third-order valence-electron chi connectivity index (χ3n) is 3.58. The molecule has 144 valence electrons. The lowest BCUT2D eigenvalue weighted by Gasteiger charge is -2.10. The van der Waals surface area contributed by atoms with E-state index in [9.17, 15) is 9.59 Å². The maximum Gasteiger partial charge on any atom is 0.253 e. The number of rotatable bonds is 7. The van der Waals surface area contributed by atoms with Crippen molar-refractivity contribution in [3.63, 3.8) is 0 Å². The molecule has 2 aromatic carbocycles. The first kappa shape index (κ1) is 19.8. The minimum Gasteiger partial charge on any atom is -0.345 e. The summed E-state index contributed by atoms with van der Waals surface area (Å²) in [6.45, 7) is 0. The number of benzene rings is 2. The lowest BCUT2D eigenvalue weighted by atomic mass is 10.2. The first-order valence-corrected chi connectivity index (χ1v) is 10.2. The van der Waals surface area contributed by atoms with E-state index < -0.39 is 0 Å². The molecule has 28 heavy (non-hydrogen) atoms. The zero-order valence-electron chi connectivity index (χ0n) is 15.4. The van der Waals surface area contributed by atoms with Gasteiger partial charge in [-0.3, -0.25) is 9.59 Å². The van der Waals surface area contributed by atoms with E-state index in [1.165, 1.54) is 28.0 Å². The van der Waals surface area contributed by atoms with E-state index in [-0.39, 0.29) is 17.6 Å². The molecule has 1 heterocycles. The van der Waals surface area contributed by atoms with Crippen LogP contribution in [0.15, 0.2) is 58.9 Å². The lowest BCUT2D eigenvalue weighted by molar-refractivity contribution is -0.113. The molecule has 1 aromatic heterocycles. The average Bonchev–Trinajstić information content (AvgIpc) is 3.14. The summed E-state index contributed by atoms with van der Waals surface area (Å²) in [5, 5.41) is 14.8. The summed E-state index contributed by atoms with van der Waals surface area (Å²) in [4.78, 5) is 25.5. The van der Waals surface area contributed by atoms with Crippen LogP contribution in [0.2, 0.25) is 0 Å². The van der Waals surface area contributed by atoms with Crippen molar-refractivity contribution in [1.82, 2.24) is 15.1 Å². The minimum absolute atomic E-state index is 0.0791. The SMILES string of the molecule is CN(C)C(=O)c1ccc(NC(=O)CSc2nnc(Nc3ccccc3)s2)cc1. The van der Waals surface area contributed by atoms with Gasteiger partial charge in [0.1, 0.15) is 0 Å². The van der Waals surface area contributed by atoms with E-state index >= 15 is 0 Å². The summed E-state index contributed by atoms with van der Waals surface area (Å²) in [7, 11) is 3.40. The minimum atomic E-state index is -0.149. The predicted molar refractivity (Wildman–Crippen MR) is 113 cm³/mol. The number of hydrogen-bond donors (Lipinski definition) is 2. The van der Waals surface area contributed by atoms with Crippen molar-refractivity contribution in [1.29, 1.82) is 0 Å². The molecule has 0 radical (unpaired) electrons. The summed E-state index contributed by atoms with van der Waals surface area (Å²) in [6, 6.07) is 16.5. The molecular weight excluding hydrogens is 394 g/mol. The van der Waals surface area contributed by atoms with Gasteiger partial charge < -0.3 is 15.5 Å². The highest BCUT2D eigenvalue weighted by atomic mass is 32.2. The molecule has 0 aliphatic carbocycles. The Bertz CT molecular complexity index is 942. The predicted octanol–water partition coefficient (Wildman–Crippen LogP) is 3.71. The third-order valence-corrected chi connectivity index (χ3v) is 5.55. The maximum atomic E-state index is 12.1. The molecule has 9 heteroatoms. The fourth-order valence-corrected chi connectivity index (χ4v) is 3.81. The van der Waals surface area contributed by atoms with Crippen LogP contribution in [0.4, 0.5) is 16.5 Å². The average molecular weight is 414 g/mol. The van der Waals surface area contributed by atoms with Crippen molar-refractivity contribution in [2.45, 2.75) is 4.34 Å². The van der Waals surface area contributed by atoms with Crippen LogP contribution < -0.4 is 10.6 Å². The Morgan fingerprint density at radius 1 is 1.00 bits per heavy atom. The van der Waals surface area contributed by atoms with Gasteiger partial charge in [-0.05, 0) is 36.4 Å². The smallest absolute Gasteiger partial charge is 0.253 e. The van der Waals surface area contributed by atoms with Crippen molar-refractivity contribution >= 4 is 51.4 Å². The van der Waals surface area contributed by atoms with Gasteiger partial charge in [0, 0.05) is 31.0 Å². The van der Waals surface area contributed by atoms with Crippen LogP contribution in [-0.4, -0.2) is 46.8 Å². The Hall–Kier alpha value is -2.91. The van der Waals surface area contributed by atoms with Gasteiger partial charge in [0.25, 0.3) is 5.91 Å². The number of para-hydroxylation sites is 1. The summed E-state index contributed by atoms with van der Waals surface area (Å²) >= 11 is 2.71. The summed E-state index contributed by atoms with van der Waals surface area (Å²) in [5.41, 5.74) is 2.15. The molecular formula is C19H19N5O2S2. The highest BCUT2D eigenvalue weighted by Crippen LogP contribution is 2.27. The largest absolute Gasteiger partial charge is 0.345 e. The Balaban J connectivity index is 1.49. The molecule has 3 rings (SSSR count). The van der Waals surface area contributed by atoms with E-state index in [0.717, 1.165) is 5.69 Å². The molecule has 2 amide bonds. The Morgan fingerprint density at radius 3 is 2.39 bits per heavy atom. The topological polar surface area (TPSA) is 87.2 Å². The van der Waals surface area contributed by atoms with Crippen molar-refractivity contribution in [2.24, 2.45) is 0 Å². The zero-order valence-corrected chi connectivity index (χ0v) is 17.0. The molecule has 0 atom stereocenters.